The highest BCUT2D eigenvalue weighted by Gasteiger charge is 2.68. The van der Waals surface area contributed by atoms with Gasteiger partial charge in [-0.15, -0.1) is 0 Å². The van der Waals surface area contributed by atoms with Gasteiger partial charge < -0.3 is 10.6 Å². The summed E-state index contributed by atoms with van der Waals surface area (Å²) in [7, 11) is 0. The van der Waals surface area contributed by atoms with Crippen LogP contribution in [0.25, 0.3) is 0 Å². The molecule has 0 unspecified atom stereocenters. The molecule has 2 saturated heterocycles. The molecule has 44 heavy (non-hydrogen) atoms. The lowest BCUT2D eigenvalue weighted by molar-refractivity contribution is -0.127. The standard InChI is InChI=1S/C32H37N3O.4C2H6/c1-6-35-28-18-26(23-14-12-22(13-15-23)19(2)3)33-30(28)29(24-10-8-7-9-11-24)32(35)25-16-20(4)21(5)17-27(25)34-31(32)36;4*1-2/h7-17,19,26,28-30,33H,6,18H2,1-5H3,(H,34,36);4*1-2H3/t26-,28+,29+,30-,32-;;;;/m1..../s1. The molecular weight excluding hydrogens is 538 g/mol. The average molecular weight is 600 g/mol. The molecule has 0 bridgehead atoms. The van der Waals surface area contributed by atoms with Crippen molar-refractivity contribution in [2.45, 2.75) is 132 Å². The molecule has 242 valence electrons. The van der Waals surface area contributed by atoms with Gasteiger partial charge in [0, 0.05) is 35.3 Å². The molecule has 1 amide bonds. The van der Waals surface area contributed by atoms with Gasteiger partial charge in [-0.1, -0.05) is 137 Å². The monoisotopic (exact) mass is 599 g/mol. The van der Waals surface area contributed by atoms with Crippen molar-refractivity contribution >= 4 is 11.6 Å². The van der Waals surface area contributed by atoms with Gasteiger partial charge in [-0.05, 0) is 66.6 Å². The first kappa shape index (κ1) is 37.2. The predicted octanol–water partition coefficient (Wildman–Crippen LogP) is 10.3. The van der Waals surface area contributed by atoms with Crippen LogP contribution in [0.4, 0.5) is 5.69 Å². The van der Waals surface area contributed by atoms with Gasteiger partial charge in [0.15, 0.2) is 0 Å². The molecule has 3 aromatic carbocycles. The molecule has 0 radical (unpaired) electrons. The maximum Gasteiger partial charge on any atom is 0.250 e. The van der Waals surface area contributed by atoms with Crippen LogP contribution in [-0.4, -0.2) is 29.4 Å². The summed E-state index contributed by atoms with van der Waals surface area (Å²) in [6.07, 6.45) is 0.998. The molecule has 4 nitrogen and oxygen atoms in total. The Morgan fingerprint density at radius 3 is 1.93 bits per heavy atom. The number of carbonyl (C=O) groups excluding carboxylic acids is 1. The smallest absolute Gasteiger partial charge is 0.250 e. The number of anilines is 1. The normalized spacial score (nSPS) is 24.4. The van der Waals surface area contributed by atoms with Crippen molar-refractivity contribution in [2.75, 3.05) is 11.9 Å². The number of benzene rings is 3. The maximum atomic E-state index is 14.1. The summed E-state index contributed by atoms with van der Waals surface area (Å²) < 4.78 is 0. The van der Waals surface area contributed by atoms with E-state index in [1.54, 1.807) is 0 Å². The van der Waals surface area contributed by atoms with E-state index in [2.05, 4.69) is 117 Å². The second-order valence-electron chi connectivity index (χ2n) is 11.2. The molecule has 2 N–H and O–H groups in total. The van der Waals surface area contributed by atoms with E-state index in [4.69, 9.17) is 0 Å². The van der Waals surface area contributed by atoms with Gasteiger partial charge in [-0.2, -0.15) is 0 Å². The summed E-state index contributed by atoms with van der Waals surface area (Å²) >= 11 is 0. The Morgan fingerprint density at radius 2 is 1.39 bits per heavy atom. The minimum Gasteiger partial charge on any atom is -0.324 e. The number of nitrogens with zero attached hydrogens (tertiary/aromatic N) is 1. The minimum absolute atomic E-state index is 0.0203. The summed E-state index contributed by atoms with van der Waals surface area (Å²) in [5.74, 6) is 0.667. The summed E-state index contributed by atoms with van der Waals surface area (Å²) in [5.41, 5.74) is 7.80. The highest BCUT2D eigenvalue weighted by molar-refractivity contribution is 6.07. The number of aryl methyl sites for hydroxylation is 2. The summed E-state index contributed by atoms with van der Waals surface area (Å²) in [6.45, 7) is 27.8. The molecule has 0 aromatic heterocycles. The number of likely N-dealkylation sites (tertiary alicyclic amines) is 1. The van der Waals surface area contributed by atoms with Gasteiger partial charge in [0.2, 0.25) is 5.91 Å². The van der Waals surface area contributed by atoms with Crippen LogP contribution in [0.15, 0.2) is 66.7 Å². The van der Waals surface area contributed by atoms with Crippen molar-refractivity contribution in [3.8, 4) is 0 Å². The van der Waals surface area contributed by atoms with E-state index in [0.717, 1.165) is 24.2 Å². The highest BCUT2D eigenvalue weighted by atomic mass is 16.2. The third kappa shape index (κ3) is 6.53. The number of hydrogen-bond donors (Lipinski definition) is 2. The van der Waals surface area contributed by atoms with E-state index in [9.17, 15) is 4.79 Å². The summed E-state index contributed by atoms with van der Waals surface area (Å²) in [6, 6.07) is 25.0. The predicted molar refractivity (Wildman–Crippen MR) is 192 cm³/mol. The lowest BCUT2D eigenvalue weighted by Crippen LogP contribution is -2.52. The van der Waals surface area contributed by atoms with Crippen molar-refractivity contribution in [3.63, 3.8) is 0 Å². The Morgan fingerprint density at radius 1 is 0.818 bits per heavy atom. The van der Waals surface area contributed by atoms with Crippen LogP contribution in [0.1, 0.15) is 134 Å². The Hall–Kier alpha value is -2.95. The molecule has 3 aromatic rings. The van der Waals surface area contributed by atoms with Crippen LogP contribution in [0.2, 0.25) is 0 Å². The fourth-order valence-electron chi connectivity index (χ4n) is 7.25. The van der Waals surface area contributed by atoms with Crippen LogP contribution in [0, 0.1) is 13.8 Å². The molecule has 2 fully saturated rings. The Kier molecular flexibility index (Phi) is 14.3. The number of rotatable bonds is 4. The van der Waals surface area contributed by atoms with E-state index in [0.29, 0.717) is 5.92 Å². The van der Waals surface area contributed by atoms with E-state index in [-0.39, 0.29) is 30.0 Å². The molecular formula is C40H61N3O. The lowest BCUT2D eigenvalue weighted by atomic mass is 9.73. The third-order valence-electron chi connectivity index (χ3n) is 9.09. The van der Waals surface area contributed by atoms with E-state index in [1.807, 2.05) is 55.4 Å². The molecule has 1 spiro atoms. The van der Waals surface area contributed by atoms with Crippen molar-refractivity contribution in [1.29, 1.82) is 0 Å². The number of nitrogens with one attached hydrogen (secondary N) is 2. The van der Waals surface area contributed by atoms with Crippen molar-refractivity contribution < 1.29 is 4.79 Å². The minimum atomic E-state index is -0.710. The molecule has 5 atom stereocenters. The number of carbonyl (C=O) groups is 1. The van der Waals surface area contributed by atoms with Crippen molar-refractivity contribution in [2.24, 2.45) is 0 Å². The van der Waals surface area contributed by atoms with E-state index in [1.165, 1.54) is 27.8 Å². The lowest BCUT2D eigenvalue weighted by Gasteiger charge is -2.40. The van der Waals surface area contributed by atoms with Gasteiger partial charge in [0.1, 0.15) is 5.54 Å². The number of likely N-dealkylation sites (N-methyl/N-ethyl adjacent to an activating group) is 1. The highest BCUT2D eigenvalue weighted by Crippen LogP contribution is 2.59. The first-order valence-corrected chi connectivity index (χ1v) is 17.5. The Balaban J connectivity index is 0.000000783. The number of amides is 1. The molecule has 3 aliphatic heterocycles. The zero-order chi connectivity index (χ0) is 33.2. The van der Waals surface area contributed by atoms with E-state index < -0.39 is 5.54 Å². The van der Waals surface area contributed by atoms with Gasteiger partial charge in [0.05, 0.1) is 0 Å². The SMILES string of the molecule is CC.CC.CC.CC.CCN1[C@H]2C[C@H](c3ccc(C(C)C)cc3)N[C@H]2[C@H](c2ccccc2)[C@]12C(=O)Nc1cc(C)c(C)cc12. The van der Waals surface area contributed by atoms with Crippen molar-refractivity contribution in [3.05, 3.63) is 100 Å². The molecule has 3 heterocycles. The third-order valence-corrected chi connectivity index (χ3v) is 9.09. The first-order valence-electron chi connectivity index (χ1n) is 17.5. The fraction of sp³-hybridized carbons (Fsp3) is 0.525. The van der Waals surface area contributed by atoms with Gasteiger partial charge in [-0.3, -0.25) is 9.69 Å². The quantitative estimate of drug-likeness (QED) is 0.314. The molecule has 0 saturated carbocycles. The molecule has 0 aliphatic carbocycles. The zero-order valence-electron chi connectivity index (χ0n) is 30.0. The molecule has 6 rings (SSSR count). The van der Waals surface area contributed by atoms with E-state index >= 15 is 0 Å². The van der Waals surface area contributed by atoms with Crippen LogP contribution in [0.3, 0.4) is 0 Å². The Bertz CT molecular complexity index is 1300. The zero-order valence-corrected chi connectivity index (χ0v) is 30.0. The Labute approximate surface area is 270 Å². The largest absolute Gasteiger partial charge is 0.324 e. The van der Waals surface area contributed by atoms with Crippen LogP contribution < -0.4 is 10.6 Å². The fourth-order valence-corrected chi connectivity index (χ4v) is 7.25. The maximum absolute atomic E-state index is 14.1. The summed E-state index contributed by atoms with van der Waals surface area (Å²) in [5, 5.41) is 7.34. The molecule has 4 heteroatoms. The molecule has 3 aliphatic rings. The van der Waals surface area contributed by atoms with Crippen LogP contribution in [0.5, 0.6) is 0 Å². The first-order chi connectivity index (χ1) is 21.4. The van der Waals surface area contributed by atoms with Crippen molar-refractivity contribution in [1.82, 2.24) is 10.2 Å². The summed E-state index contributed by atoms with van der Waals surface area (Å²) in [4.78, 5) is 16.6. The van der Waals surface area contributed by atoms with Gasteiger partial charge in [-0.25, -0.2) is 0 Å². The second-order valence-corrected chi connectivity index (χ2v) is 11.2. The number of hydrogen-bond acceptors (Lipinski definition) is 3. The van der Waals surface area contributed by atoms with Gasteiger partial charge in [0.25, 0.3) is 0 Å². The number of fused-ring (bicyclic) bond motifs is 3. The van der Waals surface area contributed by atoms with Crippen LogP contribution in [-0.2, 0) is 10.3 Å². The second kappa shape index (κ2) is 16.9. The van der Waals surface area contributed by atoms with Crippen LogP contribution >= 0.6 is 0 Å². The average Bonchev–Trinajstić information content (AvgIpc) is 3.70. The van der Waals surface area contributed by atoms with Gasteiger partial charge >= 0.3 is 0 Å². The topological polar surface area (TPSA) is 44.4 Å².